The van der Waals surface area contributed by atoms with E-state index >= 15 is 0 Å². The van der Waals surface area contributed by atoms with Crippen molar-refractivity contribution in [2.45, 2.75) is 39.5 Å². The van der Waals surface area contributed by atoms with Gasteiger partial charge in [-0.3, -0.25) is 9.59 Å². The fraction of sp³-hybridized carbons (Fsp3) is 0.778. The molecular formula is C9H16O3. The number of Topliss-reactive ketones (excluding diaryl/α,β-unsaturated/α-hetero) is 1. The van der Waals surface area contributed by atoms with Crippen LogP contribution in [0.15, 0.2) is 0 Å². The van der Waals surface area contributed by atoms with Crippen LogP contribution < -0.4 is 0 Å². The lowest BCUT2D eigenvalue weighted by atomic mass is 10.1. The minimum atomic E-state index is -0.390. The molecule has 0 radical (unpaired) electrons. The second-order valence-corrected chi connectivity index (χ2v) is 2.78. The number of hydrogen-bond acceptors (Lipinski definition) is 3. The van der Waals surface area contributed by atoms with Gasteiger partial charge in [0.1, 0.15) is 6.61 Å². The van der Waals surface area contributed by atoms with Gasteiger partial charge in [-0.05, 0) is 6.42 Å². The lowest BCUT2D eigenvalue weighted by Gasteiger charge is -2.00. The Morgan fingerprint density at radius 3 is 2.42 bits per heavy atom. The molecule has 0 aliphatic rings. The second kappa shape index (κ2) is 6.83. The van der Waals surface area contributed by atoms with Crippen LogP contribution in [0.2, 0.25) is 0 Å². The first kappa shape index (κ1) is 11.1. The molecule has 0 spiro atoms. The van der Waals surface area contributed by atoms with Gasteiger partial charge < -0.3 is 4.74 Å². The summed E-state index contributed by atoms with van der Waals surface area (Å²) in [6.45, 7) is 3.33. The van der Waals surface area contributed by atoms with Crippen LogP contribution in [0, 0.1) is 0 Å². The number of unbranched alkanes of at least 4 members (excludes halogenated alkanes) is 2. The third kappa shape index (κ3) is 7.25. The summed E-state index contributed by atoms with van der Waals surface area (Å²) in [6, 6.07) is 0. The molecular weight excluding hydrogens is 156 g/mol. The lowest BCUT2D eigenvalue weighted by Crippen LogP contribution is -2.11. The van der Waals surface area contributed by atoms with Crippen molar-refractivity contribution in [3.05, 3.63) is 0 Å². The quantitative estimate of drug-likeness (QED) is 0.452. The number of carbonyl (C=O) groups excluding carboxylic acids is 2. The summed E-state index contributed by atoms with van der Waals surface area (Å²) in [6.07, 6.45) is 3.59. The third-order valence-electron chi connectivity index (χ3n) is 1.50. The van der Waals surface area contributed by atoms with Gasteiger partial charge in [0.05, 0.1) is 0 Å². The molecule has 0 aromatic carbocycles. The Kier molecular flexibility index (Phi) is 6.34. The summed E-state index contributed by atoms with van der Waals surface area (Å²) in [5.74, 6) is -0.377. The Hall–Kier alpha value is -0.860. The lowest BCUT2D eigenvalue weighted by molar-refractivity contribution is -0.145. The van der Waals surface area contributed by atoms with Crippen LogP contribution in [0.25, 0.3) is 0 Å². The Bertz CT molecular complexity index is 152. The maximum atomic E-state index is 10.9. The second-order valence-electron chi connectivity index (χ2n) is 2.78. The molecule has 3 nitrogen and oxygen atoms in total. The van der Waals surface area contributed by atoms with E-state index in [2.05, 4.69) is 11.7 Å². The monoisotopic (exact) mass is 172 g/mol. The molecule has 70 valence electrons. The molecule has 0 aliphatic heterocycles. The van der Waals surface area contributed by atoms with Crippen molar-refractivity contribution in [1.29, 1.82) is 0 Å². The molecule has 0 rings (SSSR count). The normalized spacial score (nSPS) is 9.50. The van der Waals surface area contributed by atoms with E-state index in [1.807, 2.05) is 0 Å². The van der Waals surface area contributed by atoms with E-state index in [1.54, 1.807) is 0 Å². The fourth-order valence-electron chi connectivity index (χ4n) is 0.826. The highest BCUT2D eigenvalue weighted by molar-refractivity contribution is 5.81. The topological polar surface area (TPSA) is 43.4 Å². The summed E-state index contributed by atoms with van der Waals surface area (Å²) in [7, 11) is 0. The highest BCUT2D eigenvalue weighted by Gasteiger charge is 2.02. The minimum absolute atomic E-state index is 0.0126. The van der Waals surface area contributed by atoms with E-state index in [4.69, 9.17) is 0 Å². The first-order valence-electron chi connectivity index (χ1n) is 4.32. The summed E-state index contributed by atoms with van der Waals surface area (Å²) < 4.78 is 4.55. The largest absolute Gasteiger partial charge is 0.458 e. The number of ketones is 1. The van der Waals surface area contributed by atoms with E-state index in [1.165, 1.54) is 6.92 Å². The Morgan fingerprint density at radius 2 is 1.92 bits per heavy atom. The van der Waals surface area contributed by atoms with Crippen LogP contribution in [0.4, 0.5) is 0 Å². The molecule has 0 bridgehead atoms. The van der Waals surface area contributed by atoms with Gasteiger partial charge in [0.15, 0.2) is 5.78 Å². The Labute approximate surface area is 73.1 Å². The molecule has 0 heterocycles. The van der Waals surface area contributed by atoms with Crippen LogP contribution in [0.5, 0.6) is 0 Å². The van der Waals surface area contributed by atoms with Gasteiger partial charge in [-0.15, -0.1) is 0 Å². The van der Waals surface area contributed by atoms with Gasteiger partial charge in [-0.25, -0.2) is 0 Å². The van der Waals surface area contributed by atoms with Gasteiger partial charge in [0, 0.05) is 13.3 Å². The molecule has 0 fully saturated rings. The van der Waals surface area contributed by atoms with E-state index in [-0.39, 0.29) is 18.4 Å². The van der Waals surface area contributed by atoms with E-state index in [0.717, 1.165) is 19.3 Å². The average Bonchev–Trinajstić information content (AvgIpc) is 2.01. The van der Waals surface area contributed by atoms with Gasteiger partial charge in [0.2, 0.25) is 0 Å². The van der Waals surface area contributed by atoms with Crippen molar-refractivity contribution < 1.29 is 14.3 Å². The first-order chi connectivity index (χ1) is 5.66. The molecule has 0 aromatic heterocycles. The SMILES string of the molecule is CCCCCC(=O)COC(C)=O. The average molecular weight is 172 g/mol. The maximum absolute atomic E-state index is 10.9. The molecule has 0 saturated heterocycles. The van der Waals surface area contributed by atoms with Crippen LogP contribution >= 0.6 is 0 Å². The number of esters is 1. The molecule has 0 unspecified atom stereocenters. The van der Waals surface area contributed by atoms with Crippen LogP contribution in [0.1, 0.15) is 39.5 Å². The zero-order chi connectivity index (χ0) is 9.40. The third-order valence-corrected chi connectivity index (χ3v) is 1.50. The van der Waals surface area contributed by atoms with E-state index in [0.29, 0.717) is 6.42 Å². The molecule has 0 amide bonds. The van der Waals surface area contributed by atoms with Crippen molar-refractivity contribution in [2.75, 3.05) is 6.61 Å². The van der Waals surface area contributed by atoms with Gasteiger partial charge in [0.25, 0.3) is 0 Å². The fourth-order valence-corrected chi connectivity index (χ4v) is 0.826. The summed E-state index contributed by atoms with van der Waals surface area (Å²) in [4.78, 5) is 21.2. The molecule has 0 aliphatic carbocycles. The zero-order valence-electron chi connectivity index (χ0n) is 7.76. The van der Waals surface area contributed by atoms with Crippen LogP contribution in [-0.4, -0.2) is 18.4 Å². The van der Waals surface area contributed by atoms with E-state index < -0.39 is 0 Å². The molecule has 0 saturated carbocycles. The minimum Gasteiger partial charge on any atom is -0.458 e. The molecule has 3 heteroatoms. The number of ether oxygens (including phenoxy) is 1. The number of hydrogen-bond donors (Lipinski definition) is 0. The van der Waals surface area contributed by atoms with Crippen molar-refractivity contribution in [2.24, 2.45) is 0 Å². The van der Waals surface area contributed by atoms with Gasteiger partial charge in [-0.1, -0.05) is 19.8 Å². The van der Waals surface area contributed by atoms with Crippen molar-refractivity contribution in [3.63, 3.8) is 0 Å². The maximum Gasteiger partial charge on any atom is 0.303 e. The van der Waals surface area contributed by atoms with Crippen LogP contribution in [-0.2, 0) is 14.3 Å². The first-order valence-corrected chi connectivity index (χ1v) is 4.32. The van der Waals surface area contributed by atoms with Crippen LogP contribution in [0.3, 0.4) is 0 Å². The molecule has 0 N–H and O–H groups in total. The smallest absolute Gasteiger partial charge is 0.303 e. The van der Waals surface area contributed by atoms with Crippen molar-refractivity contribution in [3.8, 4) is 0 Å². The molecule has 12 heavy (non-hydrogen) atoms. The summed E-state index contributed by atoms with van der Waals surface area (Å²) in [5, 5.41) is 0. The predicted octanol–water partition coefficient (Wildman–Crippen LogP) is 1.70. The summed E-state index contributed by atoms with van der Waals surface area (Å²) in [5.41, 5.74) is 0. The highest BCUT2D eigenvalue weighted by atomic mass is 16.5. The van der Waals surface area contributed by atoms with E-state index in [9.17, 15) is 9.59 Å². The van der Waals surface area contributed by atoms with Crippen molar-refractivity contribution >= 4 is 11.8 Å². The predicted molar refractivity (Wildman–Crippen MR) is 45.8 cm³/mol. The molecule has 0 aromatic rings. The number of carbonyl (C=O) groups is 2. The standard InChI is InChI=1S/C9H16O3/c1-3-4-5-6-9(11)7-12-8(2)10/h3-7H2,1-2H3. The van der Waals surface area contributed by atoms with Gasteiger partial charge in [-0.2, -0.15) is 0 Å². The zero-order valence-corrected chi connectivity index (χ0v) is 7.76. The number of rotatable bonds is 6. The Balaban J connectivity index is 3.28. The summed E-state index contributed by atoms with van der Waals surface area (Å²) >= 11 is 0. The Morgan fingerprint density at radius 1 is 1.25 bits per heavy atom. The van der Waals surface area contributed by atoms with Crippen molar-refractivity contribution in [1.82, 2.24) is 0 Å². The molecule has 0 atom stereocenters. The highest BCUT2D eigenvalue weighted by Crippen LogP contribution is 1.99. The van der Waals surface area contributed by atoms with Gasteiger partial charge >= 0.3 is 5.97 Å².